The molecule has 1 rings (SSSR count). The van der Waals surface area contributed by atoms with Gasteiger partial charge in [0.1, 0.15) is 0 Å². The lowest BCUT2D eigenvalue weighted by molar-refractivity contribution is -0.418. The number of ketones is 1. The Morgan fingerprint density at radius 1 is 1.53 bits per heavy atom. The number of hydrogen-bond acceptors (Lipinski definition) is 4. The summed E-state index contributed by atoms with van der Waals surface area (Å²) in [7, 11) is 0. The lowest BCUT2D eigenvalue weighted by atomic mass is 10.1. The molecular weight excluding hydrogens is 246 g/mol. The van der Waals surface area contributed by atoms with Gasteiger partial charge in [0.25, 0.3) is 5.78 Å². The van der Waals surface area contributed by atoms with E-state index >= 15 is 0 Å². The van der Waals surface area contributed by atoms with Crippen molar-refractivity contribution >= 4 is 17.4 Å². The van der Waals surface area contributed by atoms with E-state index in [2.05, 4.69) is 0 Å². The fraction of sp³-hybridized carbons (Fsp3) is 0.182. The topological polar surface area (TPSA) is 69.4 Å². The number of carbonyl (C=O) groups is 1. The molecule has 0 heterocycles. The molecule has 1 aromatic carbocycles. The second-order valence-corrected chi connectivity index (χ2v) is 3.43. The summed E-state index contributed by atoms with van der Waals surface area (Å²) in [5, 5.41) is 10.9. The fourth-order valence-electron chi connectivity index (χ4n) is 1.13. The van der Waals surface area contributed by atoms with E-state index in [0.717, 1.165) is 6.26 Å². The quantitative estimate of drug-likeness (QED) is 0.267. The van der Waals surface area contributed by atoms with Gasteiger partial charge in [-0.2, -0.15) is 0 Å². The Morgan fingerprint density at radius 3 is 2.71 bits per heavy atom. The van der Waals surface area contributed by atoms with Gasteiger partial charge in [0.05, 0.1) is 16.6 Å². The molecule has 90 valence electrons. The second-order valence-electron chi connectivity index (χ2n) is 3.02. The predicted molar refractivity (Wildman–Crippen MR) is 62.5 cm³/mol. The van der Waals surface area contributed by atoms with Crippen LogP contribution in [0.4, 0.5) is 0 Å². The van der Waals surface area contributed by atoms with Crippen molar-refractivity contribution in [3.8, 4) is 0 Å². The zero-order valence-corrected chi connectivity index (χ0v) is 9.81. The van der Waals surface area contributed by atoms with Crippen LogP contribution in [-0.2, 0) is 4.74 Å². The molecule has 0 N–H and O–H groups in total. The number of Topliss-reactive ketones (excluding diaryl/α,β-unsaturated/α-hetero) is 1. The summed E-state index contributed by atoms with van der Waals surface area (Å²) in [5.74, 6) is -0.769. The lowest BCUT2D eigenvalue weighted by Crippen LogP contribution is -2.12. The Morgan fingerprint density at radius 2 is 2.18 bits per heavy atom. The van der Waals surface area contributed by atoms with Crippen molar-refractivity contribution in [2.24, 2.45) is 0 Å². The number of benzene rings is 1. The minimum absolute atomic E-state index is 0.0804. The molecule has 0 aliphatic rings. The van der Waals surface area contributed by atoms with E-state index in [1.807, 2.05) is 0 Å². The highest BCUT2D eigenvalue weighted by Gasteiger charge is 2.25. The Kier molecular flexibility index (Phi) is 4.66. The molecule has 0 aromatic heterocycles. The third-order valence-corrected chi connectivity index (χ3v) is 2.24. The summed E-state index contributed by atoms with van der Waals surface area (Å²) in [4.78, 5) is 21.8. The van der Waals surface area contributed by atoms with E-state index in [0.29, 0.717) is 0 Å². The second kappa shape index (κ2) is 6.00. The Balaban J connectivity index is 3.09. The first-order chi connectivity index (χ1) is 8.07. The molecule has 0 fully saturated rings. The molecule has 0 saturated carbocycles. The molecule has 1 aromatic rings. The minimum atomic E-state index is -0.790. The van der Waals surface area contributed by atoms with E-state index in [1.165, 1.54) is 12.1 Å². The van der Waals surface area contributed by atoms with Crippen LogP contribution in [0.5, 0.6) is 0 Å². The number of halogens is 1. The van der Waals surface area contributed by atoms with Crippen molar-refractivity contribution in [3.63, 3.8) is 0 Å². The van der Waals surface area contributed by atoms with E-state index in [-0.39, 0.29) is 17.2 Å². The van der Waals surface area contributed by atoms with Crippen LogP contribution < -0.4 is 0 Å². The third-order valence-electron chi connectivity index (χ3n) is 1.91. The van der Waals surface area contributed by atoms with Gasteiger partial charge in [-0.05, 0) is 19.1 Å². The number of hydrogen-bond donors (Lipinski definition) is 0. The maximum Gasteiger partial charge on any atom is 0.350 e. The molecular formula is C11H10ClNO4. The summed E-state index contributed by atoms with van der Waals surface area (Å²) < 4.78 is 4.77. The third kappa shape index (κ3) is 3.29. The van der Waals surface area contributed by atoms with Crippen molar-refractivity contribution < 1.29 is 14.5 Å². The van der Waals surface area contributed by atoms with Crippen LogP contribution in [0, 0.1) is 10.1 Å². The number of nitrogens with zero attached hydrogens (tertiary/aromatic N) is 1. The zero-order valence-electron chi connectivity index (χ0n) is 9.05. The molecule has 0 aliphatic carbocycles. The van der Waals surface area contributed by atoms with Crippen molar-refractivity contribution in [2.45, 2.75) is 6.92 Å². The first kappa shape index (κ1) is 13.2. The van der Waals surface area contributed by atoms with Crippen LogP contribution in [-0.4, -0.2) is 17.3 Å². The summed E-state index contributed by atoms with van der Waals surface area (Å²) in [5.41, 5.74) is -0.559. The van der Waals surface area contributed by atoms with E-state index < -0.39 is 16.4 Å². The monoisotopic (exact) mass is 255 g/mol. The largest absolute Gasteiger partial charge is 0.494 e. The average Bonchev–Trinajstić information content (AvgIpc) is 2.29. The van der Waals surface area contributed by atoms with Crippen molar-refractivity contribution in [1.82, 2.24) is 0 Å². The highest BCUT2D eigenvalue weighted by atomic mass is 35.5. The number of ether oxygens (including phenoxy) is 1. The predicted octanol–water partition coefficient (Wildman–Crippen LogP) is 2.68. The zero-order chi connectivity index (χ0) is 12.8. The Labute approximate surface area is 103 Å². The van der Waals surface area contributed by atoms with Gasteiger partial charge in [0.15, 0.2) is 6.26 Å². The van der Waals surface area contributed by atoms with Crippen molar-refractivity contribution in [1.29, 1.82) is 0 Å². The molecule has 0 amide bonds. The van der Waals surface area contributed by atoms with E-state index in [9.17, 15) is 14.9 Å². The molecule has 0 aliphatic heterocycles. The van der Waals surface area contributed by atoms with Gasteiger partial charge in [0, 0.05) is 5.56 Å². The molecule has 0 unspecified atom stereocenters. The highest BCUT2D eigenvalue weighted by molar-refractivity contribution is 6.34. The molecule has 0 spiro atoms. The first-order valence-electron chi connectivity index (χ1n) is 4.83. The van der Waals surface area contributed by atoms with Crippen LogP contribution in [0.3, 0.4) is 0 Å². The van der Waals surface area contributed by atoms with Gasteiger partial charge in [-0.3, -0.25) is 14.9 Å². The Hall–Kier alpha value is -1.88. The molecule has 17 heavy (non-hydrogen) atoms. The van der Waals surface area contributed by atoms with Crippen LogP contribution in [0.15, 0.2) is 36.2 Å². The SMILES string of the molecule is CCO/C=C(\C(=O)c1ccccc1Cl)[N+](=O)[O-]. The summed E-state index contributed by atoms with van der Waals surface area (Å²) in [6, 6.07) is 6.13. The summed E-state index contributed by atoms with van der Waals surface area (Å²) >= 11 is 5.79. The maximum atomic E-state index is 11.8. The minimum Gasteiger partial charge on any atom is -0.494 e. The molecule has 0 atom stereocenters. The lowest BCUT2D eigenvalue weighted by Gasteiger charge is -2.01. The van der Waals surface area contributed by atoms with Crippen LogP contribution in [0.1, 0.15) is 17.3 Å². The maximum absolute atomic E-state index is 11.8. The van der Waals surface area contributed by atoms with Gasteiger partial charge in [-0.25, -0.2) is 0 Å². The Bertz CT molecular complexity index is 470. The van der Waals surface area contributed by atoms with Gasteiger partial charge in [-0.1, -0.05) is 23.7 Å². The highest BCUT2D eigenvalue weighted by Crippen LogP contribution is 2.19. The van der Waals surface area contributed by atoms with E-state index in [4.69, 9.17) is 16.3 Å². The first-order valence-corrected chi connectivity index (χ1v) is 5.21. The molecule has 5 nitrogen and oxygen atoms in total. The van der Waals surface area contributed by atoms with Gasteiger partial charge >= 0.3 is 5.70 Å². The van der Waals surface area contributed by atoms with Gasteiger partial charge in [0.2, 0.25) is 0 Å². The summed E-state index contributed by atoms with van der Waals surface area (Å²) in [6.07, 6.45) is 0.839. The standard InChI is InChI=1S/C11H10ClNO4/c1-2-17-7-10(13(15)16)11(14)8-5-3-4-6-9(8)12/h3-7H,2H2,1H3/b10-7+. The van der Waals surface area contributed by atoms with Crippen molar-refractivity contribution in [2.75, 3.05) is 6.61 Å². The summed E-state index contributed by atoms with van der Waals surface area (Å²) in [6.45, 7) is 1.90. The van der Waals surface area contributed by atoms with E-state index in [1.54, 1.807) is 19.1 Å². The molecule has 0 saturated heterocycles. The van der Waals surface area contributed by atoms with Crippen LogP contribution in [0.2, 0.25) is 5.02 Å². The molecule has 0 radical (unpaired) electrons. The number of allylic oxidation sites excluding steroid dienone is 1. The van der Waals surface area contributed by atoms with Crippen molar-refractivity contribution in [3.05, 3.63) is 56.9 Å². The van der Waals surface area contributed by atoms with Gasteiger partial charge in [-0.15, -0.1) is 0 Å². The normalized spacial score (nSPS) is 11.1. The molecule has 6 heteroatoms. The van der Waals surface area contributed by atoms with Crippen LogP contribution in [0.25, 0.3) is 0 Å². The number of nitro groups is 1. The van der Waals surface area contributed by atoms with Gasteiger partial charge < -0.3 is 4.74 Å². The number of carbonyl (C=O) groups excluding carboxylic acids is 1. The average molecular weight is 256 g/mol. The van der Waals surface area contributed by atoms with Crippen LogP contribution >= 0.6 is 11.6 Å². The fourth-order valence-corrected chi connectivity index (χ4v) is 1.35. The molecule has 0 bridgehead atoms. The number of rotatable bonds is 5. The smallest absolute Gasteiger partial charge is 0.350 e.